The van der Waals surface area contributed by atoms with Gasteiger partial charge in [-0.1, -0.05) is 36.4 Å². The van der Waals surface area contributed by atoms with E-state index in [0.717, 1.165) is 52.5 Å². The lowest BCUT2D eigenvalue weighted by Crippen LogP contribution is -2.19. The molecule has 0 saturated carbocycles. The Bertz CT molecular complexity index is 1070. The fraction of sp³-hybridized carbons (Fsp3) is 0.370. The van der Waals surface area contributed by atoms with E-state index < -0.39 is 5.97 Å². The maximum Gasteiger partial charge on any atom is 0.337 e. The summed E-state index contributed by atoms with van der Waals surface area (Å²) >= 11 is 0. The minimum atomic E-state index is -0.882. The van der Waals surface area contributed by atoms with Gasteiger partial charge in [0.15, 0.2) is 11.5 Å². The standard InChI is InChI=1S/C27H34N2O4/c1-5-32-24-13-12-21(16-25(24)33-6-2)14-15-28-17-23-19(3)29(20(4)26(23)27(30)31)18-22-10-8-7-9-11-22/h7-13,16,28H,5-6,14-15,17-18H2,1-4H3,(H,30,31). The minimum absolute atomic E-state index is 0.399. The highest BCUT2D eigenvalue weighted by Crippen LogP contribution is 2.29. The van der Waals surface area contributed by atoms with Gasteiger partial charge in [0.1, 0.15) is 0 Å². The first-order valence-corrected chi connectivity index (χ1v) is 11.5. The molecule has 0 aliphatic rings. The fourth-order valence-corrected chi connectivity index (χ4v) is 4.15. The Labute approximate surface area is 196 Å². The third-order valence-electron chi connectivity index (χ3n) is 5.81. The molecule has 0 aliphatic heterocycles. The van der Waals surface area contributed by atoms with Crippen molar-refractivity contribution in [3.8, 4) is 11.5 Å². The molecule has 0 saturated heterocycles. The second-order valence-electron chi connectivity index (χ2n) is 7.98. The summed E-state index contributed by atoms with van der Waals surface area (Å²) in [5.41, 5.74) is 5.31. The minimum Gasteiger partial charge on any atom is -0.490 e. The zero-order chi connectivity index (χ0) is 23.8. The van der Waals surface area contributed by atoms with E-state index in [2.05, 4.69) is 22.0 Å². The third kappa shape index (κ3) is 5.96. The van der Waals surface area contributed by atoms with Gasteiger partial charge in [0, 0.05) is 30.0 Å². The van der Waals surface area contributed by atoms with Gasteiger partial charge in [0.25, 0.3) is 0 Å². The Morgan fingerprint density at radius 3 is 2.30 bits per heavy atom. The van der Waals surface area contributed by atoms with E-state index in [9.17, 15) is 9.90 Å². The molecule has 0 bridgehead atoms. The van der Waals surface area contributed by atoms with Gasteiger partial charge >= 0.3 is 5.97 Å². The summed E-state index contributed by atoms with van der Waals surface area (Å²) in [5, 5.41) is 13.3. The van der Waals surface area contributed by atoms with Crippen molar-refractivity contribution >= 4 is 5.97 Å². The van der Waals surface area contributed by atoms with Crippen LogP contribution in [-0.2, 0) is 19.5 Å². The fourth-order valence-electron chi connectivity index (χ4n) is 4.15. The van der Waals surface area contributed by atoms with Gasteiger partial charge < -0.3 is 24.5 Å². The number of nitrogens with zero attached hydrogens (tertiary/aromatic N) is 1. The van der Waals surface area contributed by atoms with E-state index in [-0.39, 0.29) is 0 Å². The summed E-state index contributed by atoms with van der Waals surface area (Å²) in [5.74, 6) is 0.634. The van der Waals surface area contributed by atoms with Crippen LogP contribution in [0.15, 0.2) is 48.5 Å². The lowest BCUT2D eigenvalue weighted by Gasteiger charge is -2.13. The highest BCUT2D eigenvalue weighted by molar-refractivity contribution is 5.91. The van der Waals surface area contributed by atoms with Crippen LogP contribution in [0.4, 0.5) is 0 Å². The van der Waals surface area contributed by atoms with Gasteiger partial charge in [0.2, 0.25) is 0 Å². The number of carboxylic acid groups (broad SMARTS) is 1. The second-order valence-corrected chi connectivity index (χ2v) is 7.98. The van der Waals surface area contributed by atoms with Crippen molar-refractivity contribution in [2.45, 2.75) is 47.2 Å². The van der Waals surface area contributed by atoms with E-state index in [1.807, 2.05) is 64.1 Å². The molecule has 6 nitrogen and oxygen atoms in total. The molecule has 2 aromatic carbocycles. The van der Waals surface area contributed by atoms with Crippen LogP contribution >= 0.6 is 0 Å². The van der Waals surface area contributed by atoms with Gasteiger partial charge in [0.05, 0.1) is 18.8 Å². The Hall–Kier alpha value is -3.25. The number of rotatable bonds is 12. The van der Waals surface area contributed by atoms with Crippen LogP contribution in [0.25, 0.3) is 0 Å². The van der Waals surface area contributed by atoms with Crippen molar-refractivity contribution in [1.29, 1.82) is 0 Å². The van der Waals surface area contributed by atoms with Crippen LogP contribution in [0.5, 0.6) is 11.5 Å². The zero-order valence-electron chi connectivity index (χ0n) is 20.0. The van der Waals surface area contributed by atoms with Gasteiger partial charge in [-0.05, 0) is 63.9 Å². The summed E-state index contributed by atoms with van der Waals surface area (Å²) in [4.78, 5) is 12.0. The van der Waals surface area contributed by atoms with Crippen molar-refractivity contribution in [3.63, 3.8) is 0 Å². The average Bonchev–Trinajstić information content (AvgIpc) is 3.03. The quantitative estimate of drug-likeness (QED) is 0.381. The van der Waals surface area contributed by atoms with Crippen LogP contribution in [0.1, 0.15) is 52.3 Å². The predicted octanol–water partition coefficient (Wildman–Crippen LogP) is 4.98. The zero-order valence-corrected chi connectivity index (χ0v) is 20.0. The molecule has 2 N–H and O–H groups in total. The highest BCUT2D eigenvalue weighted by atomic mass is 16.5. The molecule has 0 radical (unpaired) electrons. The van der Waals surface area contributed by atoms with E-state index in [1.165, 1.54) is 0 Å². The highest BCUT2D eigenvalue weighted by Gasteiger charge is 2.22. The first-order chi connectivity index (χ1) is 16.0. The summed E-state index contributed by atoms with van der Waals surface area (Å²) < 4.78 is 13.4. The molecule has 0 amide bonds. The SMILES string of the molecule is CCOc1ccc(CCNCc2c(C(=O)O)c(C)n(Cc3ccccc3)c2C)cc1OCC. The summed E-state index contributed by atoms with van der Waals surface area (Å²) in [7, 11) is 0. The molecule has 0 spiro atoms. The average molecular weight is 451 g/mol. The van der Waals surface area contributed by atoms with E-state index in [1.54, 1.807) is 0 Å². The molecule has 0 unspecified atom stereocenters. The molecule has 3 rings (SSSR count). The summed E-state index contributed by atoms with van der Waals surface area (Å²) in [6.45, 7) is 10.9. The van der Waals surface area contributed by atoms with Gasteiger partial charge in [-0.2, -0.15) is 0 Å². The topological polar surface area (TPSA) is 72.7 Å². The molecule has 0 aliphatic carbocycles. The predicted molar refractivity (Wildman–Crippen MR) is 131 cm³/mol. The molecule has 33 heavy (non-hydrogen) atoms. The molecule has 176 valence electrons. The Morgan fingerprint density at radius 2 is 1.64 bits per heavy atom. The van der Waals surface area contributed by atoms with Crippen molar-refractivity contribution in [3.05, 3.63) is 82.2 Å². The molecule has 0 fully saturated rings. The Balaban J connectivity index is 1.69. The van der Waals surface area contributed by atoms with Crippen LogP contribution < -0.4 is 14.8 Å². The largest absolute Gasteiger partial charge is 0.490 e. The molecular formula is C27H34N2O4. The van der Waals surface area contributed by atoms with Crippen LogP contribution in [0, 0.1) is 13.8 Å². The maximum absolute atomic E-state index is 12.0. The number of aromatic nitrogens is 1. The molecule has 0 atom stereocenters. The molecule has 6 heteroatoms. The van der Waals surface area contributed by atoms with Gasteiger partial charge in [-0.3, -0.25) is 0 Å². The number of carbonyl (C=O) groups is 1. The van der Waals surface area contributed by atoms with Gasteiger partial charge in [-0.25, -0.2) is 4.79 Å². The number of hydrogen-bond acceptors (Lipinski definition) is 4. The smallest absolute Gasteiger partial charge is 0.337 e. The number of ether oxygens (including phenoxy) is 2. The molecule has 3 aromatic rings. The van der Waals surface area contributed by atoms with Crippen LogP contribution in [0.2, 0.25) is 0 Å². The van der Waals surface area contributed by atoms with E-state index in [4.69, 9.17) is 9.47 Å². The molecule has 1 aromatic heterocycles. The summed E-state index contributed by atoms with van der Waals surface area (Å²) in [6.07, 6.45) is 0.803. The monoisotopic (exact) mass is 450 g/mol. The maximum atomic E-state index is 12.0. The first kappa shape index (κ1) is 24.4. The van der Waals surface area contributed by atoms with Crippen LogP contribution in [-0.4, -0.2) is 35.4 Å². The number of aromatic carboxylic acids is 1. The van der Waals surface area contributed by atoms with E-state index in [0.29, 0.717) is 31.9 Å². The van der Waals surface area contributed by atoms with Crippen LogP contribution in [0.3, 0.4) is 0 Å². The number of hydrogen-bond donors (Lipinski definition) is 2. The van der Waals surface area contributed by atoms with Crippen molar-refractivity contribution in [1.82, 2.24) is 9.88 Å². The van der Waals surface area contributed by atoms with Gasteiger partial charge in [-0.15, -0.1) is 0 Å². The molecule has 1 heterocycles. The van der Waals surface area contributed by atoms with Crippen molar-refractivity contribution in [2.24, 2.45) is 0 Å². The normalized spacial score (nSPS) is 10.9. The lowest BCUT2D eigenvalue weighted by atomic mass is 10.1. The van der Waals surface area contributed by atoms with Crippen molar-refractivity contribution < 1.29 is 19.4 Å². The summed E-state index contributed by atoms with van der Waals surface area (Å²) in [6, 6.07) is 16.1. The van der Waals surface area contributed by atoms with Crippen molar-refractivity contribution in [2.75, 3.05) is 19.8 Å². The number of nitrogens with one attached hydrogen (secondary N) is 1. The Kier molecular flexibility index (Phi) is 8.55. The number of benzene rings is 2. The Morgan fingerprint density at radius 1 is 0.939 bits per heavy atom. The molecular weight excluding hydrogens is 416 g/mol. The first-order valence-electron chi connectivity index (χ1n) is 11.5. The number of carboxylic acids is 1. The lowest BCUT2D eigenvalue weighted by molar-refractivity contribution is 0.0694. The third-order valence-corrected chi connectivity index (χ3v) is 5.81. The second kappa shape index (κ2) is 11.6. The van der Waals surface area contributed by atoms with E-state index >= 15 is 0 Å².